The summed E-state index contributed by atoms with van der Waals surface area (Å²) < 4.78 is 5.28. The van der Waals surface area contributed by atoms with Crippen molar-refractivity contribution in [3.63, 3.8) is 0 Å². The predicted molar refractivity (Wildman–Crippen MR) is 63.9 cm³/mol. The number of benzene rings is 1. The molecule has 2 atom stereocenters. The monoisotopic (exact) mass is 235 g/mol. The molecule has 4 nitrogen and oxygen atoms in total. The highest BCUT2D eigenvalue weighted by atomic mass is 16.5. The van der Waals surface area contributed by atoms with Gasteiger partial charge < -0.3 is 15.2 Å². The third kappa shape index (κ3) is 2.58. The lowest BCUT2D eigenvalue weighted by Gasteiger charge is -2.07. The van der Waals surface area contributed by atoms with E-state index in [0.29, 0.717) is 6.54 Å². The fourth-order valence-electron chi connectivity index (χ4n) is 2.11. The van der Waals surface area contributed by atoms with Gasteiger partial charge in [-0.3, -0.25) is 4.79 Å². The van der Waals surface area contributed by atoms with Crippen LogP contribution in [0.4, 0.5) is 0 Å². The summed E-state index contributed by atoms with van der Waals surface area (Å²) in [5, 5.41) is 11.3. The Morgan fingerprint density at radius 3 is 3.00 bits per heavy atom. The van der Waals surface area contributed by atoms with E-state index < -0.39 is 0 Å². The maximum Gasteiger partial charge on any atom is 0.223 e. The Labute approximate surface area is 101 Å². The summed E-state index contributed by atoms with van der Waals surface area (Å²) in [4.78, 5) is 11.7. The number of nitrogens with one attached hydrogen (secondary N) is 1. The number of hydrogen-bond donors (Lipinski definition) is 2. The summed E-state index contributed by atoms with van der Waals surface area (Å²) in [6, 6.07) is 7.80. The molecule has 92 valence electrons. The first-order chi connectivity index (χ1) is 8.27. The lowest BCUT2D eigenvalue weighted by Crippen LogP contribution is -2.28. The predicted octanol–water partition coefficient (Wildman–Crippen LogP) is 0.907. The average molecular weight is 235 g/mol. The Bertz CT molecular complexity index is 405. The van der Waals surface area contributed by atoms with Gasteiger partial charge in [-0.25, -0.2) is 0 Å². The van der Waals surface area contributed by atoms with E-state index in [0.717, 1.165) is 17.7 Å². The Hall–Kier alpha value is -1.55. The van der Waals surface area contributed by atoms with Crippen molar-refractivity contribution in [1.29, 1.82) is 0 Å². The second kappa shape index (κ2) is 5.19. The lowest BCUT2D eigenvalue weighted by atomic mass is 10.1. The molecule has 1 aromatic carbocycles. The van der Waals surface area contributed by atoms with Gasteiger partial charge in [-0.2, -0.15) is 0 Å². The number of carbonyl (C=O) groups is 1. The molecule has 2 unspecified atom stereocenters. The first kappa shape index (κ1) is 11.9. The van der Waals surface area contributed by atoms with Gasteiger partial charge in [0.2, 0.25) is 5.91 Å². The van der Waals surface area contributed by atoms with Crippen LogP contribution in [0.25, 0.3) is 0 Å². The molecule has 1 fully saturated rings. The second-order valence-corrected chi connectivity index (χ2v) is 4.21. The van der Waals surface area contributed by atoms with E-state index in [9.17, 15) is 4.79 Å². The molecular formula is C13H17NO3. The van der Waals surface area contributed by atoms with Gasteiger partial charge in [0.05, 0.1) is 13.7 Å². The molecule has 0 heterocycles. The molecule has 1 aliphatic rings. The minimum absolute atomic E-state index is 0.0161. The number of methoxy groups -OCH3 is 1. The Morgan fingerprint density at radius 2 is 2.29 bits per heavy atom. The van der Waals surface area contributed by atoms with E-state index in [1.165, 1.54) is 0 Å². The summed E-state index contributed by atoms with van der Waals surface area (Å²) in [6.07, 6.45) is 0.859. The molecule has 0 radical (unpaired) electrons. The highest BCUT2D eigenvalue weighted by molar-refractivity contribution is 5.83. The normalized spacial score (nSPS) is 22.0. The zero-order valence-corrected chi connectivity index (χ0v) is 9.85. The van der Waals surface area contributed by atoms with Crippen LogP contribution in [0, 0.1) is 5.92 Å². The van der Waals surface area contributed by atoms with Crippen molar-refractivity contribution in [2.45, 2.75) is 12.3 Å². The van der Waals surface area contributed by atoms with Crippen molar-refractivity contribution < 1.29 is 14.6 Å². The van der Waals surface area contributed by atoms with Crippen LogP contribution in [0.1, 0.15) is 17.9 Å². The second-order valence-electron chi connectivity index (χ2n) is 4.21. The molecule has 1 amide bonds. The molecule has 1 saturated carbocycles. The van der Waals surface area contributed by atoms with Gasteiger partial charge in [-0.05, 0) is 24.0 Å². The molecule has 0 bridgehead atoms. The number of ether oxygens (including phenoxy) is 1. The van der Waals surface area contributed by atoms with E-state index in [4.69, 9.17) is 9.84 Å². The number of aliphatic hydroxyl groups excluding tert-OH is 1. The van der Waals surface area contributed by atoms with Gasteiger partial charge in [0, 0.05) is 12.5 Å². The van der Waals surface area contributed by atoms with E-state index in [1.807, 2.05) is 24.3 Å². The molecule has 0 saturated heterocycles. The third-order valence-electron chi connectivity index (χ3n) is 3.08. The number of aliphatic hydroxyl groups is 1. The van der Waals surface area contributed by atoms with Crippen LogP contribution in [-0.4, -0.2) is 31.3 Å². The van der Waals surface area contributed by atoms with E-state index in [2.05, 4.69) is 5.32 Å². The van der Waals surface area contributed by atoms with Gasteiger partial charge >= 0.3 is 0 Å². The highest BCUT2D eigenvalue weighted by Crippen LogP contribution is 2.50. The first-order valence-corrected chi connectivity index (χ1v) is 5.79. The van der Waals surface area contributed by atoms with E-state index >= 15 is 0 Å². The summed E-state index contributed by atoms with van der Waals surface area (Å²) in [7, 11) is 1.64. The molecule has 4 heteroatoms. The number of carbonyl (C=O) groups excluding carboxylic acids is 1. The van der Waals surface area contributed by atoms with E-state index in [1.54, 1.807) is 7.11 Å². The molecule has 2 N–H and O–H groups in total. The van der Waals surface area contributed by atoms with Crippen molar-refractivity contribution >= 4 is 5.91 Å². The Morgan fingerprint density at radius 1 is 1.53 bits per heavy atom. The van der Waals surface area contributed by atoms with Crippen LogP contribution in [0.15, 0.2) is 24.3 Å². The summed E-state index contributed by atoms with van der Waals surface area (Å²) in [5.41, 5.74) is 1.10. The van der Waals surface area contributed by atoms with Gasteiger partial charge in [-0.1, -0.05) is 18.2 Å². The topological polar surface area (TPSA) is 58.6 Å². The standard InChI is InChI=1S/C13H17NO3/c1-17-12-5-3-2-4-9(12)10-8-11(10)13(16)14-6-7-15/h2-5,10-11,15H,6-8H2,1H3,(H,14,16). The van der Waals surface area contributed by atoms with Gasteiger partial charge in [0.25, 0.3) is 0 Å². The van der Waals surface area contributed by atoms with Crippen LogP contribution in [0.2, 0.25) is 0 Å². The van der Waals surface area contributed by atoms with Crippen molar-refractivity contribution in [2.24, 2.45) is 5.92 Å². The quantitative estimate of drug-likeness (QED) is 0.797. The Balaban J connectivity index is 2.00. The molecule has 17 heavy (non-hydrogen) atoms. The zero-order chi connectivity index (χ0) is 12.3. The number of hydrogen-bond acceptors (Lipinski definition) is 3. The molecule has 1 aliphatic carbocycles. The van der Waals surface area contributed by atoms with Crippen LogP contribution >= 0.6 is 0 Å². The van der Waals surface area contributed by atoms with Gasteiger partial charge in [-0.15, -0.1) is 0 Å². The van der Waals surface area contributed by atoms with Crippen molar-refractivity contribution in [2.75, 3.05) is 20.3 Å². The first-order valence-electron chi connectivity index (χ1n) is 5.79. The largest absolute Gasteiger partial charge is 0.496 e. The van der Waals surface area contributed by atoms with Crippen LogP contribution in [0.3, 0.4) is 0 Å². The maximum atomic E-state index is 11.7. The van der Waals surface area contributed by atoms with Crippen LogP contribution in [0.5, 0.6) is 5.75 Å². The number of rotatable bonds is 5. The SMILES string of the molecule is COc1ccccc1C1CC1C(=O)NCCO. The van der Waals surface area contributed by atoms with Crippen molar-refractivity contribution in [3.8, 4) is 5.75 Å². The average Bonchev–Trinajstić information content (AvgIpc) is 3.16. The molecule has 2 rings (SSSR count). The molecule has 0 aliphatic heterocycles. The zero-order valence-electron chi connectivity index (χ0n) is 9.85. The minimum Gasteiger partial charge on any atom is -0.496 e. The van der Waals surface area contributed by atoms with Gasteiger partial charge in [0.15, 0.2) is 0 Å². The summed E-state index contributed by atoms with van der Waals surface area (Å²) >= 11 is 0. The van der Waals surface area contributed by atoms with Crippen LogP contribution in [-0.2, 0) is 4.79 Å². The highest BCUT2D eigenvalue weighted by Gasteiger charge is 2.44. The summed E-state index contributed by atoms with van der Waals surface area (Å²) in [6.45, 7) is 0.311. The summed E-state index contributed by atoms with van der Waals surface area (Å²) in [5.74, 6) is 1.15. The van der Waals surface area contributed by atoms with E-state index in [-0.39, 0.29) is 24.3 Å². The number of amides is 1. The van der Waals surface area contributed by atoms with Crippen molar-refractivity contribution in [1.82, 2.24) is 5.32 Å². The smallest absolute Gasteiger partial charge is 0.223 e. The van der Waals surface area contributed by atoms with Crippen LogP contribution < -0.4 is 10.1 Å². The minimum atomic E-state index is -0.0161. The maximum absolute atomic E-state index is 11.7. The lowest BCUT2D eigenvalue weighted by molar-refractivity contribution is -0.122. The third-order valence-corrected chi connectivity index (χ3v) is 3.08. The van der Waals surface area contributed by atoms with Gasteiger partial charge in [0.1, 0.15) is 5.75 Å². The number of para-hydroxylation sites is 1. The molecular weight excluding hydrogens is 218 g/mol. The Kier molecular flexibility index (Phi) is 3.64. The fourth-order valence-corrected chi connectivity index (χ4v) is 2.11. The van der Waals surface area contributed by atoms with Crippen molar-refractivity contribution in [3.05, 3.63) is 29.8 Å². The fraction of sp³-hybridized carbons (Fsp3) is 0.462. The molecule has 0 spiro atoms. The molecule has 0 aromatic heterocycles. The molecule has 1 aromatic rings.